The summed E-state index contributed by atoms with van der Waals surface area (Å²) >= 11 is 1.67. The van der Waals surface area contributed by atoms with Crippen LogP contribution in [0.15, 0.2) is 72.8 Å². The van der Waals surface area contributed by atoms with Crippen molar-refractivity contribution >= 4 is 33.1 Å². The Balaban J connectivity index is 1.36. The molecule has 0 radical (unpaired) electrons. The monoisotopic (exact) mass is 388 g/mol. The van der Waals surface area contributed by atoms with Gasteiger partial charge in [0.25, 0.3) is 0 Å². The second-order valence-electron chi connectivity index (χ2n) is 6.46. The minimum absolute atomic E-state index is 0.00329. The molecule has 1 amide bonds. The zero-order valence-electron chi connectivity index (χ0n) is 15.5. The van der Waals surface area contributed by atoms with Gasteiger partial charge in [-0.3, -0.25) is 4.79 Å². The van der Waals surface area contributed by atoms with Gasteiger partial charge in [-0.1, -0.05) is 24.3 Å². The predicted octanol–water partition coefficient (Wildman–Crippen LogP) is 5.54. The third kappa shape index (κ3) is 4.21. The summed E-state index contributed by atoms with van der Waals surface area (Å²) in [6, 6.07) is 23.7. The largest absolute Gasteiger partial charge is 0.497 e. The van der Waals surface area contributed by atoms with Crippen LogP contribution < -0.4 is 10.1 Å². The molecule has 0 saturated heterocycles. The van der Waals surface area contributed by atoms with E-state index in [1.807, 2.05) is 66.7 Å². The van der Waals surface area contributed by atoms with Crippen LogP contribution in [0.2, 0.25) is 0 Å². The lowest BCUT2D eigenvalue weighted by Gasteiger charge is -2.07. The number of carbonyl (C=O) groups is 1. The van der Waals surface area contributed by atoms with Gasteiger partial charge in [0.05, 0.1) is 17.3 Å². The topological polar surface area (TPSA) is 51.2 Å². The molecule has 140 valence electrons. The van der Waals surface area contributed by atoms with Gasteiger partial charge in [0.1, 0.15) is 10.8 Å². The fourth-order valence-corrected chi connectivity index (χ4v) is 3.94. The molecule has 5 heteroatoms. The van der Waals surface area contributed by atoms with E-state index in [1.165, 1.54) is 4.70 Å². The fraction of sp³-hybridized carbons (Fsp3) is 0.130. The number of methoxy groups -OCH3 is 1. The van der Waals surface area contributed by atoms with Crippen LogP contribution in [0.3, 0.4) is 0 Å². The normalized spacial score (nSPS) is 10.8. The zero-order valence-corrected chi connectivity index (χ0v) is 16.3. The molecule has 0 saturated carbocycles. The zero-order chi connectivity index (χ0) is 19.3. The Morgan fingerprint density at radius 3 is 2.46 bits per heavy atom. The van der Waals surface area contributed by atoms with Crippen LogP contribution in [0.5, 0.6) is 5.75 Å². The first-order valence-corrected chi connectivity index (χ1v) is 9.92. The summed E-state index contributed by atoms with van der Waals surface area (Å²) in [4.78, 5) is 16.9. The number of ether oxygens (including phenoxy) is 1. The number of aryl methyl sites for hydroxylation is 1. The number of para-hydroxylation sites is 1. The number of hydrogen-bond donors (Lipinski definition) is 1. The summed E-state index contributed by atoms with van der Waals surface area (Å²) in [7, 11) is 1.64. The summed E-state index contributed by atoms with van der Waals surface area (Å²) in [6.07, 6.45) is 1.13. The molecule has 4 aromatic rings. The Labute approximate surface area is 167 Å². The molecular weight excluding hydrogens is 368 g/mol. The van der Waals surface area contributed by atoms with Crippen LogP contribution in [0.4, 0.5) is 5.69 Å². The van der Waals surface area contributed by atoms with E-state index in [2.05, 4.69) is 16.4 Å². The second kappa shape index (κ2) is 8.23. The van der Waals surface area contributed by atoms with E-state index in [-0.39, 0.29) is 5.91 Å². The van der Waals surface area contributed by atoms with Crippen molar-refractivity contribution in [1.29, 1.82) is 0 Å². The molecule has 1 aromatic heterocycles. The second-order valence-corrected chi connectivity index (χ2v) is 7.49. The van der Waals surface area contributed by atoms with Crippen LogP contribution in [-0.2, 0) is 11.2 Å². The van der Waals surface area contributed by atoms with Crippen LogP contribution in [0, 0.1) is 0 Å². The van der Waals surface area contributed by atoms with Crippen LogP contribution in [0.1, 0.15) is 12.0 Å². The minimum atomic E-state index is 0.00329. The molecule has 0 aliphatic heterocycles. The Hall–Kier alpha value is -3.18. The third-order valence-corrected chi connectivity index (χ3v) is 5.59. The summed E-state index contributed by atoms with van der Waals surface area (Å²) < 4.78 is 6.32. The van der Waals surface area contributed by atoms with Gasteiger partial charge < -0.3 is 10.1 Å². The van der Waals surface area contributed by atoms with E-state index in [1.54, 1.807) is 18.4 Å². The lowest BCUT2D eigenvalue weighted by molar-refractivity contribution is -0.116. The van der Waals surface area contributed by atoms with Gasteiger partial charge in [-0.25, -0.2) is 4.98 Å². The summed E-state index contributed by atoms with van der Waals surface area (Å²) in [5.74, 6) is 0.824. The van der Waals surface area contributed by atoms with Gasteiger partial charge in [-0.2, -0.15) is 0 Å². The number of nitrogens with one attached hydrogen (secondary N) is 1. The highest BCUT2D eigenvalue weighted by molar-refractivity contribution is 7.21. The molecule has 1 N–H and O–H groups in total. The number of thiazole rings is 1. The first-order chi connectivity index (χ1) is 13.7. The molecule has 0 bridgehead atoms. The Morgan fingerprint density at radius 2 is 1.75 bits per heavy atom. The number of aromatic nitrogens is 1. The minimum Gasteiger partial charge on any atom is -0.497 e. The van der Waals surface area contributed by atoms with Crippen LogP contribution >= 0.6 is 11.3 Å². The van der Waals surface area contributed by atoms with Crippen LogP contribution in [0.25, 0.3) is 20.8 Å². The molecule has 0 unspecified atom stereocenters. The van der Waals surface area contributed by atoms with E-state index in [9.17, 15) is 4.79 Å². The molecule has 0 aliphatic rings. The molecule has 3 aromatic carbocycles. The molecule has 4 rings (SSSR count). The molecule has 0 spiro atoms. The van der Waals surface area contributed by atoms with E-state index in [0.29, 0.717) is 12.8 Å². The quantitative estimate of drug-likeness (QED) is 0.472. The van der Waals surface area contributed by atoms with Gasteiger partial charge in [-0.15, -0.1) is 11.3 Å². The molecule has 4 nitrogen and oxygen atoms in total. The molecule has 0 aliphatic carbocycles. The summed E-state index contributed by atoms with van der Waals surface area (Å²) in [5, 5.41) is 3.94. The number of nitrogens with zero attached hydrogens (tertiary/aromatic N) is 1. The Morgan fingerprint density at radius 1 is 1.00 bits per heavy atom. The van der Waals surface area contributed by atoms with Crippen molar-refractivity contribution in [3.05, 3.63) is 78.4 Å². The highest BCUT2D eigenvalue weighted by atomic mass is 32.1. The maximum Gasteiger partial charge on any atom is 0.224 e. The van der Waals surface area contributed by atoms with Gasteiger partial charge in [0.15, 0.2) is 0 Å². The lowest BCUT2D eigenvalue weighted by atomic mass is 10.1. The predicted molar refractivity (Wildman–Crippen MR) is 115 cm³/mol. The highest BCUT2D eigenvalue weighted by Gasteiger charge is 2.07. The maximum atomic E-state index is 12.2. The van der Waals surface area contributed by atoms with Crippen molar-refractivity contribution in [2.45, 2.75) is 12.8 Å². The standard InChI is InChI=1S/C23H20N2O2S/c1-27-19-13-6-16(7-14-19)8-15-22(26)24-18-11-9-17(10-12-18)23-25-20-4-2-3-5-21(20)28-23/h2-7,9-14H,8,15H2,1H3,(H,24,26). The number of fused-ring (bicyclic) bond motifs is 1. The molecule has 0 fully saturated rings. The van der Waals surface area contributed by atoms with Crippen molar-refractivity contribution in [2.75, 3.05) is 12.4 Å². The van der Waals surface area contributed by atoms with E-state index in [4.69, 9.17) is 4.74 Å². The molecule has 1 heterocycles. The fourth-order valence-electron chi connectivity index (χ4n) is 2.97. The summed E-state index contributed by atoms with van der Waals surface area (Å²) in [5.41, 5.74) is 3.97. The van der Waals surface area contributed by atoms with Crippen molar-refractivity contribution in [2.24, 2.45) is 0 Å². The SMILES string of the molecule is COc1ccc(CCC(=O)Nc2ccc(-c3nc4ccccc4s3)cc2)cc1. The number of benzene rings is 3. The smallest absolute Gasteiger partial charge is 0.224 e. The van der Waals surface area contributed by atoms with Crippen molar-refractivity contribution in [1.82, 2.24) is 4.98 Å². The highest BCUT2D eigenvalue weighted by Crippen LogP contribution is 2.30. The first-order valence-electron chi connectivity index (χ1n) is 9.10. The molecule has 0 atom stereocenters. The van der Waals surface area contributed by atoms with Gasteiger partial charge in [0, 0.05) is 17.7 Å². The number of amides is 1. The average molecular weight is 388 g/mol. The van der Waals surface area contributed by atoms with Crippen molar-refractivity contribution in [3.63, 3.8) is 0 Å². The number of carbonyl (C=O) groups excluding carboxylic acids is 1. The first kappa shape index (κ1) is 18.2. The number of rotatable bonds is 6. The average Bonchev–Trinajstić information content (AvgIpc) is 3.17. The van der Waals surface area contributed by atoms with Crippen LogP contribution in [-0.4, -0.2) is 18.0 Å². The van der Waals surface area contributed by atoms with Crippen molar-refractivity contribution < 1.29 is 9.53 Å². The van der Waals surface area contributed by atoms with Gasteiger partial charge >= 0.3 is 0 Å². The number of hydrogen-bond acceptors (Lipinski definition) is 4. The Bertz CT molecular complexity index is 1050. The molecule has 28 heavy (non-hydrogen) atoms. The maximum absolute atomic E-state index is 12.2. The summed E-state index contributed by atoms with van der Waals surface area (Å²) in [6.45, 7) is 0. The third-order valence-electron chi connectivity index (χ3n) is 4.51. The lowest BCUT2D eigenvalue weighted by Crippen LogP contribution is -2.12. The van der Waals surface area contributed by atoms with E-state index < -0.39 is 0 Å². The van der Waals surface area contributed by atoms with Crippen molar-refractivity contribution in [3.8, 4) is 16.3 Å². The number of anilines is 1. The van der Waals surface area contributed by atoms with E-state index in [0.717, 1.165) is 33.1 Å². The van der Waals surface area contributed by atoms with Gasteiger partial charge in [-0.05, 0) is 60.5 Å². The van der Waals surface area contributed by atoms with E-state index >= 15 is 0 Å². The molecular formula is C23H20N2O2S. The van der Waals surface area contributed by atoms with Gasteiger partial charge in [0.2, 0.25) is 5.91 Å². The Kier molecular flexibility index (Phi) is 5.35.